The van der Waals surface area contributed by atoms with Gasteiger partial charge in [-0.15, -0.1) is 0 Å². The van der Waals surface area contributed by atoms with Crippen molar-refractivity contribution in [2.24, 2.45) is 0 Å². The molecule has 0 saturated carbocycles. The largest absolute Gasteiger partial charge is 0.386 e. The van der Waals surface area contributed by atoms with E-state index in [-0.39, 0.29) is 5.02 Å². The normalized spacial score (nSPS) is 11.8. The summed E-state index contributed by atoms with van der Waals surface area (Å²) >= 11 is 5.58. The molecule has 0 heterocycles. The molecule has 0 radical (unpaired) electrons. The number of rotatable bonds is 1. The standard InChI is InChI=1S/C10H12ClFO/c1-6-7(10(2,3)13)4-5-8(11)9(6)12/h4-5,13H,1-3H3. The van der Waals surface area contributed by atoms with Crippen LogP contribution in [0.2, 0.25) is 5.02 Å². The van der Waals surface area contributed by atoms with Gasteiger partial charge in [-0.05, 0) is 38.0 Å². The lowest BCUT2D eigenvalue weighted by Crippen LogP contribution is -2.17. The maximum absolute atomic E-state index is 13.3. The number of hydrogen-bond donors (Lipinski definition) is 1. The molecule has 0 fully saturated rings. The SMILES string of the molecule is Cc1c(C(C)(C)O)ccc(Cl)c1F. The van der Waals surface area contributed by atoms with Gasteiger partial charge in [0.25, 0.3) is 0 Å². The molecule has 0 unspecified atom stereocenters. The smallest absolute Gasteiger partial charge is 0.145 e. The summed E-state index contributed by atoms with van der Waals surface area (Å²) in [5.74, 6) is -0.457. The van der Waals surface area contributed by atoms with Crippen LogP contribution >= 0.6 is 11.6 Å². The molecule has 0 amide bonds. The minimum absolute atomic E-state index is 0.0884. The lowest BCUT2D eigenvalue weighted by Gasteiger charge is -2.20. The topological polar surface area (TPSA) is 20.2 Å². The van der Waals surface area contributed by atoms with Gasteiger partial charge in [-0.1, -0.05) is 17.7 Å². The van der Waals surface area contributed by atoms with E-state index in [2.05, 4.69) is 0 Å². The Balaban J connectivity index is 3.35. The van der Waals surface area contributed by atoms with Crippen LogP contribution in [-0.4, -0.2) is 5.11 Å². The predicted octanol–water partition coefficient (Wildman–Crippen LogP) is 3.01. The summed E-state index contributed by atoms with van der Waals surface area (Å²) in [6.45, 7) is 4.83. The van der Waals surface area contributed by atoms with Crippen LogP contribution < -0.4 is 0 Å². The van der Waals surface area contributed by atoms with E-state index < -0.39 is 11.4 Å². The molecule has 0 aliphatic carbocycles. The Bertz CT molecular complexity index is 328. The van der Waals surface area contributed by atoms with E-state index in [1.807, 2.05) is 0 Å². The second-order valence-electron chi connectivity index (χ2n) is 3.59. The summed E-state index contributed by atoms with van der Waals surface area (Å²) in [6, 6.07) is 3.10. The van der Waals surface area contributed by atoms with Gasteiger partial charge >= 0.3 is 0 Å². The van der Waals surface area contributed by atoms with E-state index in [4.69, 9.17) is 11.6 Å². The second-order valence-corrected chi connectivity index (χ2v) is 4.00. The van der Waals surface area contributed by atoms with E-state index in [0.717, 1.165) is 0 Å². The summed E-state index contributed by atoms with van der Waals surface area (Å²) in [4.78, 5) is 0. The predicted molar refractivity (Wildman–Crippen MR) is 51.4 cm³/mol. The molecule has 0 aliphatic heterocycles. The van der Waals surface area contributed by atoms with E-state index >= 15 is 0 Å². The highest BCUT2D eigenvalue weighted by atomic mass is 35.5. The van der Waals surface area contributed by atoms with Gasteiger partial charge in [-0.25, -0.2) is 4.39 Å². The van der Waals surface area contributed by atoms with Gasteiger partial charge in [0, 0.05) is 0 Å². The third-order valence-corrected chi connectivity index (χ3v) is 2.29. The molecule has 1 aromatic rings. The molecule has 0 bridgehead atoms. The maximum Gasteiger partial charge on any atom is 0.145 e. The summed E-state index contributed by atoms with van der Waals surface area (Å²) in [7, 11) is 0. The third-order valence-electron chi connectivity index (χ3n) is 2.00. The average Bonchev–Trinajstić information content (AvgIpc) is 1.98. The van der Waals surface area contributed by atoms with Crippen molar-refractivity contribution in [2.75, 3.05) is 0 Å². The highest BCUT2D eigenvalue weighted by Crippen LogP contribution is 2.28. The Morgan fingerprint density at radius 1 is 1.38 bits per heavy atom. The highest BCUT2D eigenvalue weighted by Gasteiger charge is 2.21. The van der Waals surface area contributed by atoms with E-state index in [0.29, 0.717) is 11.1 Å². The van der Waals surface area contributed by atoms with Gasteiger partial charge in [-0.3, -0.25) is 0 Å². The maximum atomic E-state index is 13.3. The van der Waals surface area contributed by atoms with Crippen molar-refractivity contribution in [2.45, 2.75) is 26.4 Å². The summed E-state index contributed by atoms with van der Waals surface area (Å²) < 4.78 is 13.3. The van der Waals surface area contributed by atoms with Crippen LogP contribution in [0.1, 0.15) is 25.0 Å². The molecule has 1 aromatic carbocycles. The molecule has 72 valence electrons. The first-order valence-corrected chi connectivity index (χ1v) is 4.39. The Labute approximate surface area is 82.2 Å². The Morgan fingerprint density at radius 2 is 1.92 bits per heavy atom. The average molecular weight is 203 g/mol. The number of hydrogen-bond acceptors (Lipinski definition) is 1. The summed E-state index contributed by atoms with van der Waals surface area (Å²) in [6.07, 6.45) is 0. The van der Waals surface area contributed by atoms with Crippen molar-refractivity contribution in [1.82, 2.24) is 0 Å². The van der Waals surface area contributed by atoms with Crippen LogP contribution in [0.15, 0.2) is 12.1 Å². The Morgan fingerprint density at radius 3 is 2.38 bits per heavy atom. The van der Waals surface area contributed by atoms with Gasteiger partial charge in [0.05, 0.1) is 10.6 Å². The van der Waals surface area contributed by atoms with Crippen molar-refractivity contribution < 1.29 is 9.50 Å². The molecule has 0 saturated heterocycles. The van der Waals surface area contributed by atoms with Crippen LogP contribution in [0.5, 0.6) is 0 Å². The molecule has 3 heteroatoms. The van der Waals surface area contributed by atoms with Crippen molar-refractivity contribution in [3.8, 4) is 0 Å². The number of halogens is 2. The van der Waals surface area contributed by atoms with Crippen molar-refractivity contribution in [3.05, 3.63) is 34.1 Å². The number of aliphatic hydroxyl groups is 1. The second kappa shape index (κ2) is 3.28. The zero-order chi connectivity index (χ0) is 10.2. The molecule has 0 aromatic heterocycles. The van der Waals surface area contributed by atoms with Gasteiger partial charge < -0.3 is 5.11 Å². The Hall–Kier alpha value is -0.600. The fourth-order valence-electron chi connectivity index (χ4n) is 1.31. The zero-order valence-electron chi connectivity index (χ0n) is 7.86. The number of benzene rings is 1. The molecular formula is C10H12ClFO. The molecular weight excluding hydrogens is 191 g/mol. The minimum atomic E-state index is -1.03. The summed E-state index contributed by atoms with van der Waals surface area (Å²) in [5, 5.41) is 9.76. The molecule has 13 heavy (non-hydrogen) atoms. The van der Waals surface area contributed by atoms with Crippen molar-refractivity contribution in [3.63, 3.8) is 0 Å². The van der Waals surface area contributed by atoms with E-state index in [9.17, 15) is 9.50 Å². The van der Waals surface area contributed by atoms with E-state index in [1.165, 1.54) is 6.07 Å². The van der Waals surface area contributed by atoms with Crippen molar-refractivity contribution in [1.29, 1.82) is 0 Å². The molecule has 0 atom stereocenters. The fourth-order valence-corrected chi connectivity index (χ4v) is 1.52. The zero-order valence-corrected chi connectivity index (χ0v) is 8.61. The fraction of sp³-hybridized carbons (Fsp3) is 0.400. The quantitative estimate of drug-likeness (QED) is 0.742. The minimum Gasteiger partial charge on any atom is -0.386 e. The van der Waals surface area contributed by atoms with Crippen LogP contribution in [-0.2, 0) is 5.60 Å². The molecule has 0 spiro atoms. The van der Waals surface area contributed by atoms with Gasteiger partial charge in [0.1, 0.15) is 5.82 Å². The van der Waals surface area contributed by atoms with Gasteiger partial charge in [0.15, 0.2) is 0 Å². The van der Waals surface area contributed by atoms with Crippen LogP contribution in [0, 0.1) is 12.7 Å². The van der Waals surface area contributed by atoms with Crippen LogP contribution in [0.25, 0.3) is 0 Å². The summed E-state index contributed by atoms with van der Waals surface area (Å²) in [5.41, 5.74) is -0.0652. The molecule has 1 N–H and O–H groups in total. The Kier molecular flexibility index (Phi) is 2.64. The molecule has 1 rings (SSSR count). The van der Waals surface area contributed by atoms with Crippen LogP contribution in [0.4, 0.5) is 4.39 Å². The van der Waals surface area contributed by atoms with Crippen LogP contribution in [0.3, 0.4) is 0 Å². The monoisotopic (exact) mass is 202 g/mol. The van der Waals surface area contributed by atoms with Gasteiger partial charge in [0.2, 0.25) is 0 Å². The van der Waals surface area contributed by atoms with Crippen molar-refractivity contribution >= 4 is 11.6 Å². The van der Waals surface area contributed by atoms with Gasteiger partial charge in [-0.2, -0.15) is 0 Å². The first kappa shape index (κ1) is 10.5. The first-order valence-electron chi connectivity index (χ1n) is 4.01. The lowest BCUT2D eigenvalue weighted by molar-refractivity contribution is 0.0775. The first-order chi connectivity index (χ1) is 5.84. The molecule has 0 aliphatic rings. The van der Waals surface area contributed by atoms with E-state index in [1.54, 1.807) is 26.8 Å². The molecule has 1 nitrogen and oxygen atoms in total. The lowest BCUT2D eigenvalue weighted by atomic mass is 9.94. The highest BCUT2D eigenvalue weighted by molar-refractivity contribution is 6.30. The third kappa shape index (κ3) is 2.01.